The molecule has 2 heterocycles. The van der Waals surface area contributed by atoms with Crippen LogP contribution in [0.2, 0.25) is 0 Å². The van der Waals surface area contributed by atoms with Gasteiger partial charge in [0.25, 0.3) is 0 Å². The van der Waals surface area contributed by atoms with Crippen molar-refractivity contribution in [2.24, 2.45) is 5.92 Å². The van der Waals surface area contributed by atoms with Gasteiger partial charge in [-0.1, -0.05) is 13.8 Å². The summed E-state index contributed by atoms with van der Waals surface area (Å²) in [7, 11) is 0. The number of anilines is 2. The van der Waals surface area contributed by atoms with Gasteiger partial charge in [-0.3, -0.25) is 0 Å². The quantitative estimate of drug-likeness (QED) is 0.858. The number of aliphatic hydroxyl groups excluding tert-OH is 1. The average molecular weight is 249 g/mol. The summed E-state index contributed by atoms with van der Waals surface area (Å²) in [4.78, 5) is 6.65. The van der Waals surface area contributed by atoms with Crippen molar-refractivity contribution in [3.05, 3.63) is 18.3 Å². The molecule has 2 atom stereocenters. The van der Waals surface area contributed by atoms with Crippen LogP contribution in [0.4, 0.5) is 11.5 Å². The number of aromatic nitrogens is 1. The first-order valence-electron chi connectivity index (χ1n) is 6.83. The second-order valence-electron chi connectivity index (χ2n) is 5.11. The first-order chi connectivity index (χ1) is 8.70. The summed E-state index contributed by atoms with van der Waals surface area (Å²) < 4.78 is 0. The molecule has 0 radical (unpaired) electrons. The third kappa shape index (κ3) is 3.13. The second-order valence-corrected chi connectivity index (χ2v) is 5.11. The van der Waals surface area contributed by atoms with Gasteiger partial charge in [-0.2, -0.15) is 0 Å². The SMILES string of the molecule is CCCNc1cc(N2CCC(O)C(C)C2)ccn1. The number of pyridine rings is 1. The molecule has 0 amide bonds. The fourth-order valence-electron chi connectivity index (χ4n) is 2.33. The smallest absolute Gasteiger partial charge is 0.127 e. The summed E-state index contributed by atoms with van der Waals surface area (Å²) >= 11 is 0. The predicted octanol–water partition coefficient (Wildman–Crippen LogP) is 2.11. The minimum atomic E-state index is -0.152. The maximum Gasteiger partial charge on any atom is 0.127 e. The highest BCUT2D eigenvalue weighted by atomic mass is 16.3. The molecule has 4 nitrogen and oxygen atoms in total. The molecule has 1 aliphatic heterocycles. The molecular weight excluding hydrogens is 226 g/mol. The molecule has 1 fully saturated rings. The molecule has 1 saturated heterocycles. The number of rotatable bonds is 4. The Morgan fingerprint density at radius 1 is 1.56 bits per heavy atom. The van der Waals surface area contributed by atoms with Crippen molar-refractivity contribution in [1.29, 1.82) is 0 Å². The van der Waals surface area contributed by atoms with Crippen LogP contribution in [0.1, 0.15) is 26.7 Å². The van der Waals surface area contributed by atoms with Crippen molar-refractivity contribution in [2.45, 2.75) is 32.8 Å². The Bertz CT molecular complexity index is 383. The molecule has 1 aliphatic rings. The summed E-state index contributed by atoms with van der Waals surface area (Å²) in [5, 5.41) is 13.1. The van der Waals surface area contributed by atoms with E-state index in [9.17, 15) is 5.11 Å². The maximum absolute atomic E-state index is 9.76. The van der Waals surface area contributed by atoms with Crippen LogP contribution in [-0.4, -0.2) is 35.8 Å². The monoisotopic (exact) mass is 249 g/mol. The number of nitrogens with zero attached hydrogens (tertiary/aromatic N) is 2. The molecule has 1 aromatic heterocycles. The Kier molecular flexibility index (Phi) is 4.42. The van der Waals surface area contributed by atoms with E-state index in [1.54, 1.807) is 0 Å². The van der Waals surface area contributed by atoms with E-state index in [0.717, 1.165) is 38.3 Å². The summed E-state index contributed by atoms with van der Waals surface area (Å²) in [5.74, 6) is 1.27. The van der Waals surface area contributed by atoms with E-state index < -0.39 is 0 Å². The Balaban J connectivity index is 2.04. The van der Waals surface area contributed by atoms with Crippen LogP contribution >= 0.6 is 0 Å². The molecule has 0 saturated carbocycles. The minimum Gasteiger partial charge on any atom is -0.393 e. The highest BCUT2D eigenvalue weighted by Gasteiger charge is 2.24. The fourth-order valence-corrected chi connectivity index (χ4v) is 2.33. The lowest BCUT2D eigenvalue weighted by Crippen LogP contribution is -2.41. The predicted molar refractivity (Wildman–Crippen MR) is 75.0 cm³/mol. The van der Waals surface area contributed by atoms with Gasteiger partial charge in [0.15, 0.2) is 0 Å². The van der Waals surface area contributed by atoms with Crippen LogP contribution in [0.25, 0.3) is 0 Å². The van der Waals surface area contributed by atoms with E-state index in [0.29, 0.717) is 5.92 Å². The molecule has 18 heavy (non-hydrogen) atoms. The van der Waals surface area contributed by atoms with Gasteiger partial charge in [0, 0.05) is 37.6 Å². The minimum absolute atomic E-state index is 0.152. The van der Waals surface area contributed by atoms with Crippen molar-refractivity contribution in [2.75, 3.05) is 29.9 Å². The molecule has 2 unspecified atom stereocenters. The zero-order valence-electron chi connectivity index (χ0n) is 11.3. The topological polar surface area (TPSA) is 48.4 Å². The van der Waals surface area contributed by atoms with Crippen molar-refractivity contribution in [3.8, 4) is 0 Å². The van der Waals surface area contributed by atoms with E-state index in [-0.39, 0.29) is 6.10 Å². The zero-order chi connectivity index (χ0) is 13.0. The number of aliphatic hydroxyl groups is 1. The molecule has 1 aromatic rings. The lowest BCUT2D eigenvalue weighted by Gasteiger charge is -2.36. The highest BCUT2D eigenvalue weighted by molar-refractivity contribution is 5.54. The van der Waals surface area contributed by atoms with E-state index in [1.807, 2.05) is 12.3 Å². The molecule has 0 bridgehead atoms. The maximum atomic E-state index is 9.76. The largest absolute Gasteiger partial charge is 0.393 e. The van der Waals surface area contributed by atoms with Gasteiger partial charge in [-0.15, -0.1) is 0 Å². The standard InChI is InChI=1S/C14H23N3O/c1-3-6-15-14-9-12(4-7-16-14)17-8-5-13(18)11(2)10-17/h4,7,9,11,13,18H,3,5-6,8,10H2,1-2H3,(H,15,16). The van der Waals surface area contributed by atoms with Crippen LogP contribution in [0.3, 0.4) is 0 Å². The van der Waals surface area contributed by atoms with Crippen LogP contribution in [0, 0.1) is 5.92 Å². The molecular formula is C14H23N3O. The van der Waals surface area contributed by atoms with Crippen LogP contribution in [-0.2, 0) is 0 Å². The Morgan fingerprint density at radius 3 is 3.11 bits per heavy atom. The fraction of sp³-hybridized carbons (Fsp3) is 0.643. The third-order valence-electron chi connectivity index (χ3n) is 3.52. The van der Waals surface area contributed by atoms with Gasteiger partial charge in [0.2, 0.25) is 0 Å². The van der Waals surface area contributed by atoms with Crippen LogP contribution in [0.5, 0.6) is 0 Å². The van der Waals surface area contributed by atoms with E-state index in [2.05, 4.69) is 35.1 Å². The van der Waals surface area contributed by atoms with Gasteiger partial charge in [-0.25, -0.2) is 4.98 Å². The summed E-state index contributed by atoms with van der Waals surface area (Å²) in [6.45, 7) is 7.03. The molecule has 2 N–H and O–H groups in total. The van der Waals surface area contributed by atoms with Crippen LogP contribution < -0.4 is 10.2 Å². The van der Waals surface area contributed by atoms with Crippen LogP contribution in [0.15, 0.2) is 18.3 Å². The number of nitrogens with one attached hydrogen (secondary N) is 1. The molecule has 100 valence electrons. The van der Waals surface area contributed by atoms with E-state index in [1.165, 1.54) is 5.69 Å². The Hall–Kier alpha value is -1.29. The summed E-state index contributed by atoms with van der Waals surface area (Å²) in [6.07, 6.45) is 3.64. The molecule has 0 aromatic carbocycles. The van der Waals surface area contributed by atoms with Crippen molar-refractivity contribution in [1.82, 2.24) is 4.98 Å². The third-order valence-corrected chi connectivity index (χ3v) is 3.52. The van der Waals surface area contributed by atoms with Crippen molar-refractivity contribution >= 4 is 11.5 Å². The van der Waals surface area contributed by atoms with Gasteiger partial charge < -0.3 is 15.3 Å². The highest BCUT2D eigenvalue weighted by Crippen LogP contribution is 2.24. The Morgan fingerprint density at radius 2 is 2.39 bits per heavy atom. The van der Waals surface area contributed by atoms with Crippen molar-refractivity contribution < 1.29 is 5.11 Å². The van der Waals surface area contributed by atoms with E-state index in [4.69, 9.17) is 0 Å². The van der Waals surface area contributed by atoms with Gasteiger partial charge in [-0.05, 0) is 24.8 Å². The number of piperidine rings is 1. The van der Waals surface area contributed by atoms with Crippen molar-refractivity contribution in [3.63, 3.8) is 0 Å². The van der Waals surface area contributed by atoms with Gasteiger partial charge >= 0.3 is 0 Å². The molecule has 4 heteroatoms. The average Bonchev–Trinajstić information content (AvgIpc) is 2.40. The lowest BCUT2D eigenvalue weighted by atomic mass is 9.96. The Labute approximate surface area is 109 Å². The van der Waals surface area contributed by atoms with Gasteiger partial charge in [0.1, 0.15) is 5.82 Å². The first-order valence-corrected chi connectivity index (χ1v) is 6.83. The van der Waals surface area contributed by atoms with E-state index >= 15 is 0 Å². The number of hydrogen-bond acceptors (Lipinski definition) is 4. The second kappa shape index (κ2) is 6.05. The zero-order valence-corrected chi connectivity index (χ0v) is 11.3. The lowest BCUT2D eigenvalue weighted by molar-refractivity contribution is 0.0971. The number of hydrogen-bond donors (Lipinski definition) is 2. The molecule has 0 spiro atoms. The summed E-state index contributed by atoms with van der Waals surface area (Å²) in [5.41, 5.74) is 1.20. The molecule has 2 rings (SSSR count). The molecule has 0 aliphatic carbocycles. The van der Waals surface area contributed by atoms with Gasteiger partial charge in [0.05, 0.1) is 6.10 Å². The normalized spacial score (nSPS) is 24.1. The first kappa shape index (κ1) is 13.1. The summed E-state index contributed by atoms with van der Waals surface area (Å²) in [6, 6.07) is 4.14.